The molecule has 1 aromatic carbocycles. The molecule has 3 N–H and O–H groups in total. The number of fused-ring (bicyclic) bond motifs is 1. The van der Waals surface area contributed by atoms with Crippen molar-refractivity contribution in [2.24, 2.45) is 0 Å². The molecule has 0 spiro atoms. The Balaban J connectivity index is 1.61. The lowest BCUT2D eigenvalue weighted by molar-refractivity contribution is 0.220. The number of methoxy groups -OCH3 is 2. The largest absolute Gasteiger partial charge is 0.496 e. The maximum Gasteiger partial charge on any atom is 0.222 e. The number of piperidine rings is 1. The number of hydrogen-bond donors (Lipinski definition) is 2. The van der Waals surface area contributed by atoms with Crippen LogP contribution >= 0.6 is 0 Å². The Morgan fingerprint density at radius 2 is 1.76 bits per heavy atom. The average Bonchev–Trinajstić information content (AvgIpc) is 3.23. The number of rotatable bonds is 10. The average molecular weight is 454 g/mol. The molecule has 0 bridgehead atoms. The fourth-order valence-corrected chi connectivity index (χ4v) is 4.39. The Morgan fingerprint density at radius 1 is 1.03 bits per heavy atom. The third-order valence-corrected chi connectivity index (χ3v) is 6.09. The quantitative estimate of drug-likeness (QED) is 0.448. The minimum atomic E-state index is 0.235. The fraction of sp³-hybridized carbons (Fsp3) is 0.542. The van der Waals surface area contributed by atoms with Crippen LogP contribution in [0.4, 0.5) is 11.8 Å². The smallest absolute Gasteiger partial charge is 0.222 e. The van der Waals surface area contributed by atoms with Crippen molar-refractivity contribution < 1.29 is 9.47 Å². The number of nitrogens with two attached hydrogens (primary N) is 1. The fourth-order valence-electron chi connectivity index (χ4n) is 4.39. The van der Waals surface area contributed by atoms with Crippen LogP contribution in [0.5, 0.6) is 11.5 Å². The summed E-state index contributed by atoms with van der Waals surface area (Å²) in [6, 6.07) is 4.23. The van der Waals surface area contributed by atoms with E-state index in [4.69, 9.17) is 20.3 Å². The van der Waals surface area contributed by atoms with E-state index in [0.717, 1.165) is 56.1 Å². The van der Waals surface area contributed by atoms with Crippen LogP contribution < -0.4 is 20.5 Å². The summed E-state index contributed by atoms with van der Waals surface area (Å²) in [5.41, 5.74) is 9.49. The molecule has 9 heteroatoms. The van der Waals surface area contributed by atoms with E-state index < -0.39 is 0 Å². The summed E-state index contributed by atoms with van der Waals surface area (Å²) in [7, 11) is 3.40. The number of benzene rings is 1. The predicted octanol–water partition coefficient (Wildman–Crippen LogP) is 3.67. The van der Waals surface area contributed by atoms with E-state index in [2.05, 4.69) is 39.2 Å². The summed E-state index contributed by atoms with van der Waals surface area (Å²) in [4.78, 5) is 11.2. The van der Waals surface area contributed by atoms with Gasteiger partial charge in [0.05, 0.1) is 32.5 Å². The van der Waals surface area contributed by atoms with E-state index in [-0.39, 0.29) is 5.95 Å². The molecule has 0 aliphatic carbocycles. The number of ether oxygens (including phenoxy) is 2. The van der Waals surface area contributed by atoms with Crippen molar-refractivity contribution in [2.45, 2.75) is 52.1 Å². The highest BCUT2D eigenvalue weighted by Crippen LogP contribution is 2.33. The van der Waals surface area contributed by atoms with Gasteiger partial charge in [-0.25, -0.2) is 4.98 Å². The predicted molar refractivity (Wildman–Crippen MR) is 131 cm³/mol. The van der Waals surface area contributed by atoms with Gasteiger partial charge in [0.2, 0.25) is 5.95 Å². The first-order valence-corrected chi connectivity index (χ1v) is 11.8. The van der Waals surface area contributed by atoms with Gasteiger partial charge in [-0.15, -0.1) is 0 Å². The Kier molecular flexibility index (Phi) is 7.49. The number of anilines is 2. The number of hydrogen-bond acceptors (Lipinski definition) is 8. The monoisotopic (exact) mass is 453 g/mol. The lowest BCUT2D eigenvalue weighted by Gasteiger charge is -2.27. The second-order valence-corrected chi connectivity index (χ2v) is 8.59. The molecule has 178 valence electrons. The summed E-state index contributed by atoms with van der Waals surface area (Å²) < 4.78 is 13.4. The lowest BCUT2D eigenvalue weighted by Crippen LogP contribution is -2.29. The molecule has 33 heavy (non-hydrogen) atoms. The molecule has 1 fully saturated rings. The number of nitrogens with one attached hydrogen (secondary N) is 1. The van der Waals surface area contributed by atoms with Gasteiger partial charge < -0.3 is 20.5 Å². The second kappa shape index (κ2) is 10.7. The van der Waals surface area contributed by atoms with Gasteiger partial charge in [-0.3, -0.25) is 9.58 Å². The molecule has 3 aromatic rings. The van der Waals surface area contributed by atoms with Crippen LogP contribution in [0.1, 0.15) is 50.2 Å². The molecule has 0 saturated carbocycles. The van der Waals surface area contributed by atoms with Gasteiger partial charge in [0, 0.05) is 13.1 Å². The van der Waals surface area contributed by atoms with Crippen molar-refractivity contribution >= 4 is 22.8 Å². The van der Waals surface area contributed by atoms with Gasteiger partial charge in [0.15, 0.2) is 11.3 Å². The number of nitrogen functional groups attached to an aromatic ring is 1. The zero-order chi connectivity index (χ0) is 23.2. The molecule has 2 aromatic heterocycles. The standard InChI is InChI=1S/C24H35N7O2/c1-4-5-9-26-23-22-19(27-24(25)28-23)16-31(29-22)15-18-20(32-2)12-17(13-21(18)33-3)14-30-10-7-6-8-11-30/h12-13,16H,4-11,14-15H2,1-3H3,(H3,25,26,27,28). The summed E-state index contributed by atoms with van der Waals surface area (Å²) in [6.07, 6.45) is 7.89. The number of likely N-dealkylation sites (tertiary alicyclic amines) is 1. The van der Waals surface area contributed by atoms with Gasteiger partial charge in [-0.2, -0.15) is 10.1 Å². The van der Waals surface area contributed by atoms with Crippen LogP contribution in [-0.2, 0) is 13.1 Å². The van der Waals surface area contributed by atoms with Crippen LogP contribution in [0.3, 0.4) is 0 Å². The molecule has 0 radical (unpaired) electrons. The molecule has 0 amide bonds. The SMILES string of the molecule is CCCCNc1nc(N)nc2cn(Cc3c(OC)cc(CN4CCCCC4)cc3OC)nc12. The highest BCUT2D eigenvalue weighted by Gasteiger charge is 2.18. The van der Waals surface area contributed by atoms with E-state index in [9.17, 15) is 0 Å². The highest BCUT2D eigenvalue weighted by atomic mass is 16.5. The molecule has 0 atom stereocenters. The summed E-state index contributed by atoms with van der Waals surface area (Å²) in [5.74, 6) is 2.50. The summed E-state index contributed by atoms with van der Waals surface area (Å²) >= 11 is 0. The van der Waals surface area contributed by atoms with Crippen LogP contribution in [-0.4, -0.2) is 58.5 Å². The summed E-state index contributed by atoms with van der Waals surface area (Å²) in [6.45, 7) is 6.64. The number of aromatic nitrogens is 4. The third-order valence-electron chi connectivity index (χ3n) is 6.09. The van der Waals surface area contributed by atoms with Gasteiger partial charge in [0.25, 0.3) is 0 Å². The van der Waals surface area contributed by atoms with E-state index in [1.807, 2.05) is 10.9 Å². The van der Waals surface area contributed by atoms with E-state index in [1.54, 1.807) is 14.2 Å². The van der Waals surface area contributed by atoms with Crippen molar-refractivity contribution in [1.82, 2.24) is 24.6 Å². The van der Waals surface area contributed by atoms with E-state index in [1.165, 1.54) is 24.8 Å². The molecule has 0 unspecified atom stereocenters. The number of unbranched alkanes of at least 4 members (excludes halogenated alkanes) is 1. The lowest BCUT2D eigenvalue weighted by atomic mass is 10.1. The normalized spacial score (nSPS) is 14.5. The molecular weight excluding hydrogens is 418 g/mol. The maximum absolute atomic E-state index is 5.93. The first-order chi connectivity index (χ1) is 16.1. The van der Waals surface area contributed by atoms with Crippen LogP contribution in [0.2, 0.25) is 0 Å². The Bertz CT molecular complexity index is 1050. The zero-order valence-electron chi connectivity index (χ0n) is 19.9. The first kappa shape index (κ1) is 23.1. The maximum atomic E-state index is 5.93. The van der Waals surface area contributed by atoms with E-state index in [0.29, 0.717) is 23.4 Å². The summed E-state index contributed by atoms with van der Waals surface area (Å²) in [5, 5.41) is 8.09. The Morgan fingerprint density at radius 3 is 2.42 bits per heavy atom. The Hall–Kier alpha value is -3.07. The van der Waals surface area contributed by atoms with E-state index >= 15 is 0 Å². The molecule has 4 rings (SSSR count). The minimum absolute atomic E-state index is 0.235. The number of nitrogens with zero attached hydrogens (tertiary/aromatic N) is 5. The first-order valence-electron chi connectivity index (χ1n) is 11.8. The molecule has 9 nitrogen and oxygen atoms in total. The molecule has 1 saturated heterocycles. The van der Waals surface area contributed by atoms with Crippen LogP contribution in [0, 0.1) is 0 Å². The molecule has 1 aliphatic heterocycles. The van der Waals surface area contributed by atoms with Crippen LogP contribution in [0.25, 0.3) is 11.0 Å². The van der Waals surface area contributed by atoms with Gasteiger partial charge >= 0.3 is 0 Å². The minimum Gasteiger partial charge on any atom is -0.496 e. The van der Waals surface area contributed by atoms with Gasteiger partial charge in [0.1, 0.15) is 17.0 Å². The van der Waals surface area contributed by atoms with Crippen molar-refractivity contribution in [3.8, 4) is 11.5 Å². The molecule has 3 heterocycles. The van der Waals surface area contributed by atoms with Crippen molar-refractivity contribution in [3.63, 3.8) is 0 Å². The molecule has 1 aliphatic rings. The second-order valence-electron chi connectivity index (χ2n) is 8.59. The van der Waals surface area contributed by atoms with Crippen LogP contribution in [0.15, 0.2) is 18.3 Å². The zero-order valence-corrected chi connectivity index (χ0v) is 19.9. The Labute approximate surface area is 195 Å². The molecular formula is C24H35N7O2. The van der Waals surface area contributed by atoms with Gasteiger partial charge in [-0.05, 0) is 50.0 Å². The third kappa shape index (κ3) is 5.47. The van der Waals surface area contributed by atoms with Crippen molar-refractivity contribution in [3.05, 3.63) is 29.5 Å². The van der Waals surface area contributed by atoms with Crippen molar-refractivity contribution in [2.75, 3.05) is 44.9 Å². The van der Waals surface area contributed by atoms with Gasteiger partial charge in [-0.1, -0.05) is 19.8 Å². The highest BCUT2D eigenvalue weighted by molar-refractivity contribution is 5.85. The topological polar surface area (TPSA) is 103 Å². The van der Waals surface area contributed by atoms with Crippen molar-refractivity contribution in [1.29, 1.82) is 0 Å².